The topological polar surface area (TPSA) is 68.0 Å². The monoisotopic (exact) mass is 319 g/mol. The highest BCUT2D eigenvalue weighted by atomic mass is 79.9. The van der Waals surface area contributed by atoms with Gasteiger partial charge in [-0.05, 0) is 44.2 Å². The first-order valence-corrected chi connectivity index (χ1v) is 6.57. The highest BCUT2D eigenvalue weighted by Gasteiger charge is 2.12. The summed E-state index contributed by atoms with van der Waals surface area (Å²) in [5, 5.41) is 2.82. The number of aryl methyl sites for hydroxylation is 2. The molecule has 0 saturated heterocycles. The summed E-state index contributed by atoms with van der Waals surface area (Å²) in [6, 6.07) is 8.88. The van der Waals surface area contributed by atoms with Crippen LogP contribution in [0.5, 0.6) is 0 Å². The summed E-state index contributed by atoms with van der Waals surface area (Å²) in [5.74, 6) is -0.243. The lowest BCUT2D eigenvalue weighted by Crippen LogP contribution is -2.15. The van der Waals surface area contributed by atoms with Gasteiger partial charge in [-0.1, -0.05) is 15.9 Å². The molecule has 1 heterocycles. The van der Waals surface area contributed by atoms with Crippen molar-refractivity contribution < 1.29 is 4.79 Å². The molecule has 2 rings (SSSR count). The van der Waals surface area contributed by atoms with Crippen molar-refractivity contribution in [3.05, 3.63) is 51.8 Å². The minimum Gasteiger partial charge on any atom is -0.398 e. The van der Waals surface area contributed by atoms with E-state index in [0.717, 1.165) is 15.9 Å². The fourth-order valence-electron chi connectivity index (χ4n) is 1.73. The van der Waals surface area contributed by atoms with Crippen molar-refractivity contribution in [1.29, 1.82) is 0 Å². The third-order valence-electron chi connectivity index (χ3n) is 2.73. The van der Waals surface area contributed by atoms with Gasteiger partial charge in [-0.2, -0.15) is 0 Å². The second kappa shape index (κ2) is 5.40. The predicted molar refractivity (Wildman–Crippen MR) is 80.2 cm³/mol. The maximum absolute atomic E-state index is 12.2. The molecule has 19 heavy (non-hydrogen) atoms. The number of nitrogen functional groups attached to an aromatic ring is 1. The zero-order valence-electron chi connectivity index (χ0n) is 10.7. The van der Waals surface area contributed by atoms with Crippen LogP contribution in [-0.2, 0) is 0 Å². The molecule has 0 bridgehead atoms. The number of amides is 1. The summed E-state index contributed by atoms with van der Waals surface area (Å²) >= 11 is 3.33. The van der Waals surface area contributed by atoms with Gasteiger partial charge >= 0.3 is 0 Å². The minimum absolute atomic E-state index is 0.243. The standard InChI is InChI=1S/C14H14BrN3O/c1-8-3-6-13(9(2)17-8)18-14(19)11-7-10(15)4-5-12(11)16/h3-7H,16H2,1-2H3,(H,18,19). The Bertz CT molecular complexity index is 641. The van der Waals surface area contributed by atoms with Crippen molar-refractivity contribution in [3.8, 4) is 0 Å². The number of aromatic nitrogens is 1. The molecule has 0 aliphatic heterocycles. The predicted octanol–water partition coefficient (Wildman–Crippen LogP) is 3.30. The average Bonchev–Trinajstić information content (AvgIpc) is 2.35. The van der Waals surface area contributed by atoms with Crippen LogP contribution >= 0.6 is 15.9 Å². The van der Waals surface area contributed by atoms with Gasteiger partial charge in [-0.3, -0.25) is 9.78 Å². The van der Waals surface area contributed by atoms with E-state index in [4.69, 9.17) is 5.73 Å². The number of nitrogens with two attached hydrogens (primary N) is 1. The first kappa shape index (κ1) is 13.5. The van der Waals surface area contributed by atoms with E-state index in [1.807, 2.05) is 26.0 Å². The van der Waals surface area contributed by atoms with Gasteiger partial charge in [-0.25, -0.2) is 0 Å². The number of nitrogens with zero attached hydrogens (tertiary/aromatic N) is 1. The molecular weight excluding hydrogens is 306 g/mol. The molecule has 3 N–H and O–H groups in total. The number of carbonyl (C=O) groups is 1. The maximum atomic E-state index is 12.2. The van der Waals surface area contributed by atoms with E-state index in [0.29, 0.717) is 16.9 Å². The number of pyridine rings is 1. The van der Waals surface area contributed by atoms with Crippen molar-refractivity contribution in [2.24, 2.45) is 0 Å². The van der Waals surface area contributed by atoms with Crippen molar-refractivity contribution in [3.63, 3.8) is 0 Å². The quantitative estimate of drug-likeness (QED) is 0.834. The number of nitrogens with one attached hydrogen (secondary N) is 1. The van der Waals surface area contributed by atoms with Crippen LogP contribution in [0.25, 0.3) is 0 Å². The highest BCUT2D eigenvalue weighted by Crippen LogP contribution is 2.20. The zero-order chi connectivity index (χ0) is 14.0. The van der Waals surface area contributed by atoms with E-state index in [9.17, 15) is 4.79 Å². The lowest BCUT2D eigenvalue weighted by molar-refractivity contribution is 0.102. The fraction of sp³-hybridized carbons (Fsp3) is 0.143. The molecule has 4 nitrogen and oxygen atoms in total. The Labute approximate surface area is 120 Å². The number of carbonyl (C=O) groups excluding carboxylic acids is 1. The Morgan fingerprint density at radius 1 is 1.26 bits per heavy atom. The third kappa shape index (κ3) is 3.12. The van der Waals surface area contributed by atoms with E-state index >= 15 is 0 Å². The van der Waals surface area contributed by atoms with Crippen LogP contribution in [0.2, 0.25) is 0 Å². The number of halogens is 1. The van der Waals surface area contributed by atoms with Gasteiger partial charge in [0, 0.05) is 15.9 Å². The Morgan fingerprint density at radius 3 is 2.68 bits per heavy atom. The molecular formula is C14H14BrN3O. The summed E-state index contributed by atoms with van der Waals surface area (Å²) in [4.78, 5) is 16.5. The zero-order valence-corrected chi connectivity index (χ0v) is 12.3. The Morgan fingerprint density at radius 2 is 2.00 bits per heavy atom. The fourth-order valence-corrected chi connectivity index (χ4v) is 2.09. The first-order chi connectivity index (χ1) is 8.97. The SMILES string of the molecule is Cc1ccc(NC(=O)c2cc(Br)ccc2N)c(C)n1. The molecule has 0 aliphatic rings. The van der Waals surface area contributed by atoms with Crippen LogP contribution in [0.4, 0.5) is 11.4 Å². The van der Waals surface area contributed by atoms with Gasteiger partial charge in [0.25, 0.3) is 5.91 Å². The molecule has 2 aromatic rings. The molecule has 0 spiro atoms. The van der Waals surface area contributed by atoms with Crippen LogP contribution in [0.3, 0.4) is 0 Å². The lowest BCUT2D eigenvalue weighted by atomic mass is 10.1. The van der Waals surface area contributed by atoms with Crippen LogP contribution in [-0.4, -0.2) is 10.9 Å². The molecule has 0 unspecified atom stereocenters. The van der Waals surface area contributed by atoms with E-state index < -0.39 is 0 Å². The number of hydrogen-bond acceptors (Lipinski definition) is 3. The molecule has 0 fully saturated rings. The van der Waals surface area contributed by atoms with Crippen molar-refractivity contribution in [1.82, 2.24) is 4.98 Å². The molecule has 0 saturated carbocycles. The largest absolute Gasteiger partial charge is 0.398 e. The summed E-state index contributed by atoms with van der Waals surface area (Å²) in [6.45, 7) is 3.76. The molecule has 0 radical (unpaired) electrons. The normalized spacial score (nSPS) is 10.3. The minimum atomic E-state index is -0.243. The van der Waals surface area contributed by atoms with Crippen molar-refractivity contribution in [2.45, 2.75) is 13.8 Å². The second-order valence-electron chi connectivity index (χ2n) is 4.27. The average molecular weight is 320 g/mol. The molecule has 1 aromatic heterocycles. The summed E-state index contributed by atoms with van der Waals surface area (Å²) in [6.07, 6.45) is 0. The number of hydrogen-bond donors (Lipinski definition) is 2. The van der Waals surface area contributed by atoms with Crippen molar-refractivity contribution in [2.75, 3.05) is 11.1 Å². The lowest BCUT2D eigenvalue weighted by Gasteiger charge is -2.10. The third-order valence-corrected chi connectivity index (χ3v) is 3.23. The summed E-state index contributed by atoms with van der Waals surface area (Å²) in [7, 11) is 0. The molecule has 1 amide bonds. The molecule has 0 aliphatic carbocycles. The second-order valence-corrected chi connectivity index (χ2v) is 5.19. The molecule has 98 valence electrons. The van der Waals surface area contributed by atoms with E-state index in [1.165, 1.54) is 0 Å². The van der Waals surface area contributed by atoms with Gasteiger partial charge in [0.1, 0.15) is 0 Å². The van der Waals surface area contributed by atoms with Crippen LogP contribution in [0.15, 0.2) is 34.8 Å². The van der Waals surface area contributed by atoms with Gasteiger partial charge in [0.2, 0.25) is 0 Å². The number of anilines is 2. The van der Waals surface area contributed by atoms with Gasteiger partial charge in [-0.15, -0.1) is 0 Å². The highest BCUT2D eigenvalue weighted by molar-refractivity contribution is 9.10. The van der Waals surface area contributed by atoms with Crippen molar-refractivity contribution >= 4 is 33.2 Å². The Balaban J connectivity index is 2.28. The molecule has 1 aromatic carbocycles. The van der Waals surface area contributed by atoms with Crippen LogP contribution in [0.1, 0.15) is 21.7 Å². The molecule has 0 atom stereocenters. The smallest absolute Gasteiger partial charge is 0.257 e. The van der Waals surface area contributed by atoms with E-state index in [2.05, 4.69) is 26.2 Å². The van der Waals surface area contributed by atoms with Gasteiger partial charge < -0.3 is 11.1 Å². The number of rotatable bonds is 2. The Kier molecular flexibility index (Phi) is 3.85. The maximum Gasteiger partial charge on any atom is 0.257 e. The number of benzene rings is 1. The first-order valence-electron chi connectivity index (χ1n) is 5.78. The molecule has 5 heteroatoms. The van der Waals surface area contributed by atoms with E-state index in [-0.39, 0.29) is 5.91 Å². The van der Waals surface area contributed by atoms with Gasteiger partial charge in [0.15, 0.2) is 0 Å². The summed E-state index contributed by atoms with van der Waals surface area (Å²) in [5.41, 5.74) is 9.07. The van der Waals surface area contributed by atoms with E-state index in [1.54, 1.807) is 18.2 Å². The van der Waals surface area contributed by atoms with Crippen LogP contribution in [0, 0.1) is 13.8 Å². The summed E-state index contributed by atoms with van der Waals surface area (Å²) < 4.78 is 0.811. The van der Waals surface area contributed by atoms with Gasteiger partial charge in [0.05, 0.1) is 16.9 Å². The Hall–Kier alpha value is -1.88. The van der Waals surface area contributed by atoms with Crippen LogP contribution < -0.4 is 11.1 Å².